The fourth-order valence-electron chi connectivity index (χ4n) is 3.48. The lowest BCUT2D eigenvalue weighted by atomic mass is 10.0. The molecule has 0 spiro atoms. The number of amides is 1. The van der Waals surface area contributed by atoms with E-state index in [9.17, 15) is 9.59 Å². The molecule has 1 N–H and O–H groups in total. The van der Waals surface area contributed by atoms with Crippen molar-refractivity contribution in [3.8, 4) is 0 Å². The van der Waals surface area contributed by atoms with E-state index in [1.54, 1.807) is 11.7 Å². The Morgan fingerprint density at radius 1 is 1.21 bits per heavy atom. The van der Waals surface area contributed by atoms with Crippen molar-refractivity contribution in [2.75, 3.05) is 32.7 Å². The SMILES string of the molecule is CCN1CCN(C(=O)Cc2c(C)nc3c(c2C)c(=O)[nH]n3C)CC1. The molecular weight excluding hydrogens is 306 g/mol. The van der Waals surface area contributed by atoms with Gasteiger partial charge in [0, 0.05) is 38.9 Å². The molecule has 24 heavy (non-hydrogen) atoms. The highest BCUT2D eigenvalue weighted by Crippen LogP contribution is 2.21. The van der Waals surface area contributed by atoms with E-state index in [0.29, 0.717) is 17.5 Å². The maximum Gasteiger partial charge on any atom is 0.273 e. The number of pyridine rings is 1. The number of likely N-dealkylation sites (N-methyl/N-ethyl adjacent to an activating group) is 1. The molecule has 0 unspecified atom stereocenters. The minimum absolute atomic E-state index is 0.116. The van der Waals surface area contributed by atoms with Crippen LogP contribution in [-0.2, 0) is 18.3 Å². The van der Waals surface area contributed by atoms with Crippen molar-refractivity contribution in [3.63, 3.8) is 0 Å². The molecule has 0 radical (unpaired) electrons. The number of aryl methyl sites for hydroxylation is 3. The zero-order valence-corrected chi connectivity index (χ0v) is 14.8. The molecule has 1 saturated heterocycles. The van der Waals surface area contributed by atoms with Gasteiger partial charge in [-0.1, -0.05) is 6.92 Å². The molecule has 7 nitrogen and oxygen atoms in total. The third-order valence-corrected chi connectivity index (χ3v) is 5.08. The number of fused-ring (bicyclic) bond motifs is 1. The van der Waals surface area contributed by atoms with Crippen molar-refractivity contribution < 1.29 is 4.79 Å². The van der Waals surface area contributed by atoms with Crippen molar-refractivity contribution >= 4 is 16.9 Å². The van der Waals surface area contributed by atoms with Crippen LogP contribution in [0.25, 0.3) is 11.0 Å². The summed E-state index contributed by atoms with van der Waals surface area (Å²) in [5, 5.41) is 3.32. The summed E-state index contributed by atoms with van der Waals surface area (Å²) < 4.78 is 1.63. The standard InChI is InChI=1S/C17H25N5O2/c1-5-21-6-8-22(9-7-21)14(23)10-13-11(2)15-16(18-12(13)3)20(4)19-17(15)24/h5-10H2,1-4H3,(H,19,24). The fourth-order valence-corrected chi connectivity index (χ4v) is 3.48. The Kier molecular flexibility index (Phi) is 4.45. The van der Waals surface area contributed by atoms with Crippen LogP contribution in [0.3, 0.4) is 0 Å². The van der Waals surface area contributed by atoms with Gasteiger partial charge in [-0.05, 0) is 31.5 Å². The monoisotopic (exact) mass is 331 g/mol. The molecule has 1 aliphatic heterocycles. The summed E-state index contributed by atoms with van der Waals surface area (Å²) in [6, 6.07) is 0. The molecule has 0 bridgehead atoms. The van der Waals surface area contributed by atoms with Crippen LogP contribution in [0.5, 0.6) is 0 Å². The Morgan fingerprint density at radius 3 is 2.50 bits per heavy atom. The topological polar surface area (TPSA) is 74.2 Å². The summed E-state index contributed by atoms with van der Waals surface area (Å²) in [7, 11) is 1.77. The van der Waals surface area contributed by atoms with E-state index in [2.05, 4.69) is 21.9 Å². The number of aromatic amines is 1. The molecule has 0 aromatic carbocycles. The van der Waals surface area contributed by atoms with Crippen LogP contribution in [-0.4, -0.2) is 63.2 Å². The number of hydrogen-bond donors (Lipinski definition) is 1. The number of nitrogens with one attached hydrogen (secondary N) is 1. The summed E-state index contributed by atoms with van der Waals surface area (Å²) in [6.45, 7) is 10.4. The Morgan fingerprint density at radius 2 is 1.88 bits per heavy atom. The number of rotatable bonds is 3. The first kappa shape index (κ1) is 16.7. The molecule has 1 amide bonds. The molecule has 2 aromatic heterocycles. The number of carbonyl (C=O) groups is 1. The van der Waals surface area contributed by atoms with Gasteiger partial charge in [0.25, 0.3) is 5.56 Å². The Bertz CT molecular complexity index is 828. The first-order valence-electron chi connectivity index (χ1n) is 8.47. The van der Waals surface area contributed by atoms with Crippen LogP contribution in [0.4, 0.5) is 0 Å². The van der Waals surface area contributed by atoms with Gasteiger partial charge in [0.1, 0.15) is 0 Å². The molecule has 1 fully saturated rings. The smallest absolute Gasteiger partial charge is 0.273 e. The van der Waals surface area contributed by atoms with Gasteiger partial charge in [0.2, 0.25) is 5.91 Å². The third kappa shape index (κ3) is 2.84. The number of nitrogens with zero attached hydrogens (tertiary/aromatic N) is 4. The van der Waals surface area contributed by atoms with E-state index in [1.807, 2.05) is 18.7 Å². The maximum atomic E-state index is 12.7. The quantitative estimate of drug-likeness (QED) is 0.893. The second kappa shape index (κ2) is 6.39. The normalized spacial score (nSPS) is 16.1. The molecule has 2 aromatic rings. The van der Waals surface area contributed by atoms with Gasteiger partial charge in [-0.2, -0.15) is 0 Å². The number of hydrogen-bond acceptors (Lipinski definition) is 4. The fraction of sp³-hybridized carbons (Fsp3) is 0.588. The summed E-state index contributed by atoms with van der Waals surface area (Å²) >= 11 is 0. The van der Waals surface area contributed by atoms with Gasteiger partial charge >= 0.3 is 0 Å². The molecular formula is C17H25N5O2. The van der Waals surface area contributed by atoms with Crippen molar-refractivity contribution in [3.05, 3.63) is 27.2 Å². The highest BCUT2D eigenvalue weighted by atomic mass is 16.2. The van der Waals surface area contributed by atoms with E-state index in [-0.39, 0.29) is 11.5 Å². The molecule has 0 atom stereocenters. The van der Waals surface area contributed by atoms with Gasteiger partial charge < -0.3 is 9.80 Å². The second-order valence-electron chi connectivity index (χ2n) is 6.49. The van der Waals surface area contributed by atoms with Gasteiger partial charge in [-0.25, -0.2) is 4.98 Å². The Hall–Kier alpha value is -2.15. The summed E-state index contributed by atoms with van der Waals surface area (Å²) in [6.07, 6.45) is 0.307. The van der Waals surface area contributed by atoms with Gasteiger partial charge in [-0.3, -0.25) is 19.4 Å². The van der Waals surface area contributed by atoms with Crippen molar-refractivity contribution in [2.45, 2.75) is 27.2 Å². The van der Waals surface area contributed by atoms with Crippen LogP contribution in [0, 0.1) is 13.8 Å². The van der Waals surface area contributed by atoms with Crippen LogP contribution >= 0.6 is 0 Å². The van der Waals surface area contributed by atoms with E-state index in [0.717, 1.165) is 49.5 Å². The van der Waals surface area contributed by atoms with Crippen LogP contribution < -0.4 is 5.56 Å². The van der Waals surface area contributed by atoms with E-state index < -0.39 is 0 Å². The summed E-state index contributed by atoms with van der Waals surface area (Å²) in [5.41, 5.74) is 3.04. The first-order valence-corrected chi connectivity index (χ1v) is 8.47. The van der Waals surface area contributed by atoms with E-state index >= 15 is 0 Å². The molecule has 1 aliphatic rings. The average molecular weight is 331 g/mol. The number of H-pyrrole nitrogens is 1. The minimum Gasteiger partial charge on any atom is -0.340 e. The van der Waals surface area contributed by atoms with Crippen LogP contribution in [0.1, 0.15) is 23.7 Å². The zero-order valence-electron chi connectivity index (χ0n) is 14.8. The zero-order chi connectivity index (χ0) is 17.4. The summed E-state index contributed by atoms with van der Waals surface area (Å²) in [5.74, 6) is 0.116. The number of piperazine rings is 1. The van der Waals surface area contributed by atoms with Gasteiger partial charge in [-0.15, -0.1) is 0 Å². The average Bonchev–Trinajstić information content (AvgIpc) is 2.85. The molecule has 3 rings (SSSR count). The lowest BCUT2D eigenvalue weighted by molar-refractivity contribution is -0.132. The highest BCUT2D eigenvalue weighted by molar-refractivity contribution is 5.84. The largest absolute Gasteiger partial charge is 0.340 e. The molecule has 3 heterocycles. The highest BCUT2D eigenvalue weighted by Gasteiger charge is 2.23. The lowest BCUT2D eigenvalue weighted by Gasteiger charge is -2.34. The minimum atomic E-state index is -0.150. The van der Waals surface area contributed by atoms with Crippen LogP contribution in [0.2, 0.25) is 0 Å². The molecule has 0 saturated carbocycles. The number of carbonyl (C=O) groups excluding carboxylic acids is 1. The Labute approximate surface area is 141 Å². The molecule has 0 aliphatic carbocycles. The Balaban J connectivity index is 1.86. The van der Waals surface area contributed by atoms with Crippen molar-refractivity contribution in [1.82, 2.24) is 24.6 Å². The van der Waals surface area contributed by atoms with Gasteiger partial charge in [0.05, 0.1) is 11.8 Å². The van der Waals surface area contributed by atoms with Crippen molar-refractivity contribution in [2.24, 2.45) is 7.05 Å². The summed E-state index contributed by atoms with van der Waals surface area (Å²) in [4.78, 5) is 33.6. The van der Waals surface area contributed by atoms with E-state index in [4.69, 9.17) is 0 Å². The molecule has 7 heteroatoms. The maximum absolute atomic E-state index is 12.7. The van der Waals surface area contributed by atoms with Gasteiger partial charge in [0.15, 0.2) is 5.65 Å². The second-order valence-corrected chi connectivity index (χ2v) is 6.49. The van der Waals surface area contributed by atoms with Crippen molar-refractivity contribution in [1.29, 1.82) is 0 Å². The third-order valence-electron chi connectivity index (χ3n) is 5.08. The predicted molar refractivity (Wildman–Crippen MR) is 93.2 cm³/mol. The predicted octanol–water partition coefficient (Wildman–Crippen LogP) is 0.585. The number of aromatic nitrogens is 3. The van der Waals surface area contributed by atoms with E-state index in [1.165, 1.54) is 0 Å². The lowest BCUT2D eigenvalue weighted by Crippen LogP contribution is -2.49. The van der Waals surface area contributed by atoms with Crippen LogP contribution in [0.15, 0.2) is 4.79 Å². The first-order chi connectivity index (χ1) is 11.4. The molecule has 130 valence electrons.